The number of pyridine rings is 1. The number of alkyl halides is 1. The number of carbonyl (C=O) groups excluding carboxylic acids is 1. The molecule has 0 saturated carbocycles. The Morgan fingerprint density at radius 1 is 1.33 bits per heavy atom. The van der Waals surface area contributed by atoms with E-state index in [1.807, 2.05) is 30.3 Å². The average molecular weight is 329 g/mol. The van der Waals surface area contributed by atoms with Gasteiger partial charge in [-0.2, -0.15) is 0 Å². The number of amides is 1. The lowest BCUT2D eigenvalue weighted by Crippen LogP contribution is -2.39. The summed E-state index contributed by atoms with van der Waals surface area (Å²) in [7, 11) is 0. The molecule has 1 saturated heterocycles. The van der Waals surface area contributed by atoms with Crippen molar-refractivity contribution < 1.29 is 13.9 Å². The van der Waals surface area contributed by atoms with Crippen molar-refractivity contribution in [2.24, 2.45) is 5.92 Å². The summed E-state index contributed by atoms with van der Waals surface area (Å²) in [5, 5.41) is 5.77. The van der Waals surface area contributed by atoms with Crippen molar-refractivity contribution >= 4 is 11.6 Å². The number of carbonyl (C=O) groups is 1. The highest BCUT2D eigenvalue weighted by Gasteiger charge is 2.26. The fourth-order valence-electron chi connectivity index (χ4n) is 2.72. The Bertz CT molecular complexity index is 681. The quantitative estimate of drug-likeness (QED) is 0.884. The number of nitrogens with one attached hydrogen (secondary N) is 2. The van der Waals surface area contributed by atoms with Crippen LogP contribution in [0.15, 0.2) is 48.8 Å². The van der Waals surface area contributed by atoms with Crippen molar-refractivity contribution in [1.29, 1.82) is 0 Å². The molecule has 1 aromatic heterocycles. The van der Waals surface area contributed by atoms with Crippen LogP contribution in [-0.4, -0.2) is 30.2 Å². The third-order valence-electron chi connectivity index (χ3n) is 4.02. The summed E-state index contributed by atoms with van der Waals surface area (Å²) in [6, 6.07) is 11.0. The van der Waals surface area contributed by atoms with Gasteiger partial charge in [-0.05, 0) is 25.1 Å². The van der Waals surface area contributed by atoms with Crippen molar-refractivity contribution in [2.75, 3.05) is 18.4 Å². The van der Waals surface area contributed by atoms with Crippen LogP contribution in [0.2, 0.25) is 0 Å². The van der Waals surface area contributed by atoms with E-state index in [2.05, 4.69) is 15.6 Å². The first-order chi connectivity index (χ1) is 11.7. The second kappa shape index (κ2) is 7.88. The Morgan fingerprint density at radius 2 is 2.17 bits per heavy atom. The van der Waals surface area contributed by atoms with Gasteiger partial charge in [0.05, 0.1) is 6.20 Å². The molecule has 0 bridgehead atoms. The van der Waals surface area contributed by atoms with Crippen molar-refractivity contribution in [2.45, 2.75) is 19.0 Å². The van der Waals surface area contributed by atoms with Crippen LogP contribution in [0.5, 0.6) is 11.5 Å². The lowest BCUT2D eigenvalue weighted by molar-refractivity contribution is -0.117. The average Bonchev–Trinajstić information content (AvgIpc) is 2.60. The number of ether oxygens (including phenoxy) is 1. The van der Waals surface area contributed by atoms with Crippen LogP contribution in [0.1, 0.15) is 12.8 Å². The van der Waals surface area contributed by atoms with Gasteiger partial charge in [0.2, 0.25) is 5.91 Å². The van der Waals surface area contributed by atoms with E-state index in [0.717, 1.165) is 6.54 Å². The number of nitrogens with zero attached hydrogens (tertiary/aromatic N) is 1. The normalized spacial score (nSPS) is 20.4. The van der Waals surface area contributed by atoms with Gasteiger partial charge in [0.15, 0.2) is 5.75 Å². The first-order valence-electron chi connectivity index (χ1n) is 8.04. The summed E-state index contributed by atoms with van der Waals surface area (Å²) in [6.07, 6.45) is 2.96. The molecule has 0 spiro atoms. The van der Waals surface area contributed by atoms with E-state index < -0.39 is 6.17 Å². The fourth-order valence-corrected chi connectivity index (χ4v) is 2.72. The van der Waals surface area contributed by atoms with E-state index in [1.165, 1.54) is 6.20 Å². The van der Waals surface area contributed by atoms with Crippen LogP contribution < -0.4 is 15.4 Å². The minimum atomic E-state index is -0.988. The summed E-state index contributed by atoms with van der Waals surface area (Å²) in [5.74, 6) is 0.699. The number of halogens is 1. The Kier molecular flexibility index (Phi) is 5.38. The SMILES string of the molecule is O=C(CC1CCNCC1F)Nc1cnccc1Oc1ccccc1. The van der Waals surface area contributed by atoms with Gasteiger partial charge < -0.3 is 15.4 Å². The number of para-hydroxylation sites is 1. The lowest BCUT2D eigenvalue weighted by atomic mass is 9.92. The van der Waals surface area contributed by atoms with E-state index in [0.29, 0.717) is 30.2 Å². The van der Waals surface area contributed by atoms with Gasteiger partial charge in [-0.15, -0.1) is 0 Å². The van der Waals surface area contributed by atoms with E-state index in [4.69, 9.17) is 4.74 Å². The highest BCUT2D eigenvalue weighted by Crippen LogP contribution is 2.29. The van der Waals surface area contributed by atoms with Crippen molar-refractivity contribution in [1.82, 2.24) is 10.3 Å². The molecule has 1 aromatic carbocycles. The van der Waals surface area contributed by atoms with Crippen LogP contribution in [0.25, 0.3) is 0 Å². The molecule has 0 aliphatic carbocycles. The molecule has 1 aliphatic heterocycles. The summed E-state index contributed by atoms with van der Waals surface area (Å²) >= 11 is 0. The smallest absolute Gasteiger partial charge is 0.224 e. The van der Waals surface area contributed by atoms with Crippen LogP contribution >= 0.6 is 0 Å². The summed E-state index contributed by atoms with van der Waals surface area (Å²) in [5.41, 5.74) is 0.482. The minimum Gasteiger partial charge on any atom is -0.455 e. The Labute approximate surface area is 140 Å². The predicted molar refractivity (Wildman–Crippen MR) is 89.9 cm³/mol. The van der Waals surface area contributed by atoms with Crippen LogP contribution in [0.3, 0.4) is 0 Å². The van der Waals surface area contributed by atoms with Crippen molar-refractivity contribution in [3.8, 4) is 11.5 Å². The third kappa shape index (κ3) is 4.29. The molecule has 2 heterocycles. The van der Waals surface area contributed by atoms with Crippen LogP contribution in [0.4, 0.5) is 10.1 Å². The maximum absolute atomic E-state index is 13.8. The van der Waals surface area contributed by atoms with Gasteiger partial charge >= 0.3 is 0 Å². The molecule has 1 aliphatic rings. The zero-order chi connectivity index (χ0) is 16.8. The van der Waals surface area contributed by atoms with E-state index in [9.17, 15) is 9.18 Å². The summed E-state index contributed by atoms with van der Waals surface area (Å²) in [4.78, 5) is 16.3. The zero-order valence-corrected chi connectivity index (χ0v) is 13.2. The highest BCUT2D eigenvalue weighted by molar-refractivity contribution is 5.92. The number of piperidine rings is 1. The molecule has 1 amide bonds. The van der Waals surface area contributed by atoms with Gasteiger partial charge in [-0.1, -0.05) is 18.2 Å². The monoisotopic (exact) mass is 329 g/mol. The minimum absolute atomic E-state index is 0.155. The standard InChI is InChI=1S/C18H20FN3O2/c19-15-11-20-8-6-13(15)10-18(23)22-16-12-21-9-7-17(16)24-14-4-2-1-3-5-14/h1-5,7,9,12-13,15,20H,6,8,10-11H2,(H,22,23). The van der Waals surface area contributed by atoms with Crippen molar-refractivity contribution in [3.63, 3.8) is 0 Å². The Balaban J connectivity index is 1.65. The number of hydrogen-bond acceptors (Lipinski definition) is 4. The summed E-state index contributed by atoms with van der Waals surface area (Å²) < 4.78 is 19.6. The number of hydrogen-bond donors (Lipinski definition) is 2. The molecular formula is C18H20FN3O2. The number of aromatic nitrogens is 1. The molecular weight excluding hydrogens is 309 g/mol. The summed E-state index contributed by atoms with van der Waals surface area (Å²) in [6.45, 7) is 1.06. The Hall–Kier alpha value is -2.47. The molecule has 24 heavy (non-hydrogen) atoms. The molecule has 126 valence electrons. The van der Waals surface area contributed by atoms with Gasteiger partial charge in [-0.25, -0.2) is 4.39 Å². The van der Waals surface area contributed by atoms with Crippen LogP contribution in [-0.2, 0) is 4.79 Å². The number of anilines is 1. The topological polar surface area (TPSA) is 63.2 Å². The zero-order valence-electron chi connectivity index (χ0n) is 13.2. The lowest BCUT2D eigenvalue weighted by Gasteiger charge is -2.26. The van der Waals surface area contributed by atoms with Gasteiger partial charge in [0, 0.05) is 31.1 Å². The maximum Gasteiger partial charge on any atom is 0.224 e. The molecule has 2 unspecified atom stereocenters. The Morgan fingerprint density at radius 3 is 2.96 bits per heavy atom. The number of benzene rings is 1. The van der Waals surface area contributed by atoms with Gasteiger partial charge in [0.1, 0.15) is 17.6 Å². The molecule has 2 N–H and O–H groups in total. The van der Waals surface area contributed by atoms with Crippen molar-refractivity contribution in [3.05, 3.63) is 48.8 Å². The second-order valence-corrected chi connectivity index (χ2v) is 5.81. The van der Waals surface area contributed by atoms with Gasteiger partial charge in [0.25, 0.3) is 0 Å². The van der Waals surface area contributed by atoms with E-state index >= 15 is 0 Å². The fraction of sp³-hybridized carbons (Fsp3) is 0.333. The molecule has 1 fully saturated rings. The second-order valence-electron chi connectivity index (χ2n) is 5.81. The molecule has 3 rings (SSSR count). The molecule has 6 heteroatoms. The van der Waals surface area contributed by atoms with E-state index in [1.54, 1.807) is 12.3 Å². The largest absolute Gasteiger partial charge is 0.455 e. The first kappa shape index (κ1) is 16.4. The van der Waals surface area contributed by atoms with Gasteiger partial charge in [-0.3, -0.25) is 9.78 Å². The molecule has 0 radical (unpaired) electrons. The predicted octanol–water partition coefficient (Wildman–Crippen LogP) is 3.15. The molecule has 5 nitrogen and oxygen atoms in total. The number of rotatable bonds is 5. The maximum atomic E-state index is 13.8. The first-order valence-corrected chi connectivity index (χ1v) is 8.04. The highest BCUT2D eigenvalue weighted by atomic mass is 19.1. The van der Waals surface area contributed by atoms with Crippen LogP contribution in [0, 0.1) is 5.92 Å². The molecule has 2 atom stereocenters. The molecule has 2 aromatic rings. The third-order valence-corrected chi connectivity index (χ3v) is 4.02. The van der Waals surface area contributed by atoms with E-state index in [-0.39, 0.29) is 18.2 Å².